The second kappa shape index (κ2) is 13.2. The molecular formula is C31H36N6O4S. The molecule has 0 radical (unpaired) electrons. The first-order valence-electron chi connectivity index (χ1n) is 13.9. The first-order valence-corrected chi connectivity index (χ1v) is 15.9. The number of hydrogen-bond donors (Lipinski definition) is 1. The highest BCUT2D eigenvalue weighted by molar-refractivity contribution is 7.90. The zero-order valence-corrected chi connectivity index (χ0v) is 25.0. The summed E-state index contributed by atoms with van der Waals surface area (Å²) >= 11 is 0. The molecule has 2 heterocycles. The summed E-state index contributed by atoms with van der Waals surface area (Å²) < 4.78 is 36.5. The molecule has 0 aliphatic heterocycles. The van der Waals surface area contributed by atoms with Gasteiger partial charge in [-0.2, -0.15) is 5.10 Å². The van der Waals surface area contributed by atoms with Gasteiger partial charge in [-0.3, -0.25) is 4.68 Å². The van der Waals surface area contributed by atoms with Crippen LogP contribution < -0.4 is 14.8 Å². The molecule has 2 aromatic heterocycles. The van der Waals surface area contributed by atoms with Crippen molar-refractivity contribution in [1.29, 1.82) is 0 Å². The largest absolute Gasteiger partial charge is 0.493 e. The molecule has 0 aliphatic carbocycles. The fraction of sp³-hybridized carbons (Fsp3) is 0.323. The Kier molecular flexibility index (Phi) is 9.19. The average Bonchev–Trinajstić information content (AvgIpc) is 3.37. The monoisotopic (exact) mass is 588 g/mol. The summed E-state index contributed by atoms with van der Waals surface area (Å²) in [6, 6.07) is 20.2. The van der Waals surface area contributed by atoms with Crippen molar-refractivity contribution in [2.45, 2.75) is 19.4 Å². The fourth-order valence-electron chi connectivity index (χ4n) is 4.72. The summed E-state index contributed by atoms with van der Waals surface area (Å²) in [6.45, 7) is 2.53. The van der Waals surface area contributed by atoms with Crippen molar-refractivity contribution in [2.75, 3.05) is 51.2 Å². The number of nitrogens with one attached hydrogen (secondary N) is 1. The number of fused-ring (bicyclic) bond motifs is 2. The first-order chi connectivity index (χ1) is 20.3. The van der Waals surface area contributed by atoms with Crippen LogP contribution in [-0.2, 0) is 16.4 Å². The van der Waals surface area contributed by atoms with E-state index in [9.17, 15) is 8.42 Å². The highest BCUT2D eigenvalue weighted by Crippen LogP contribution is 2.35. The van der Waals surface area contributed by atoms with Crippen molar-refractivity contribution in [3.8, 4) is 11.5 Å². The highest BCUT2D eigenvalue weighted by Gasteiger charge is 2.13. The van der Waals surface area contributed by atoms with E-state index in [0.717, 1.165) is 46.9 Å². The van der Waals surface area contributed by atoms with Gasteiger partial charge in [-0.05, 0) is 56.3 Å². The molecule has 5 rings (SSSR count). The van der Waals surface area contributed by atoms with Crippen molar-refractivity contribution in [1.82, 2.24) is 24.6 Å². The molecule has 0 amide bonds. The molecule has 0 spiro atoms. The summed E-state index contributed by atoms with van der Waals surface area (Å²) in [6.07, 6.45) is 6.37. The second-order valence-electron chi connectivity index (χ2n) is 10.4. The van der Waals surface area contributed by atoms with Crippen LogP contribution in [0.4, 0.5) is 11.5 Å². The minimum absolute atomic E-state index is 0.165. The number of benzene rings is 3. The number of rotatable bonds is 14. The third-order valence-corrected chi connectivity index (χ3v) is 7.96. The minimum Gasteiger partial charge on any atom is -0.493 e. The molecule has 42 heavy (non-hydrogen) atoms. The van der Waals surface area contributed by atoms with Gasteiger partial charge >= 0.3 is 0 Å². The lowest BCUT2D eigenvalue weighted by atomic mass is 10.2. The number of sulfone groups is 1. The van der Waals surface area contributed by atoms with Crippen LogP contribution in [0.3, 0.4) is 0 Å². The fourth-order valence-corrected chi connectivity index (χ4v) is 5.36. The Bertz CT molecular complexity index is 1760. The number of aromatic nitrogens is 4. The molecule has 0 bridgehead atoms. The molecule has 0 unspecified atom stereocenters. The molecule has 1 N–H and O–H groups in total. The Morgan fingerprint density at radius 3 is 2.60 bits per heavy atom. The zero-order valence-electron chi connectivity index (χ0n) is 24.2. The third-order valence-electron chi connectivity index (χ3n) is 7.04. The van der Waals surface area contributed by atoms with E-state index < -0.39 is 9.84 Å². The number of unbranched alkanes of at least 4 members (excludes halogenated alkanes) is 1. The maximum atomic E-state index is 11.4. The van der Waals surface area contributed by atoms with Crippen molar-refractivity contribution in [3.63, 3.8) is 0 Å². The van der Waals surface area contributed by atoms with Crippen LogP contribution in [-0.4, -0.2) is 78.9 Å². The van der Waals surface area contributed by atoms with Crippen LogP contribution in [0.2, 0.25) is 0 Å². The molecule has 11 heteroatoms. The van der Waals surface area contributed by atoms with Crippen molar-refractivity contribution < 1.29 is 17.9 Å². The molecular weight excluding hydrogens is 552 g/mol. The lowest BCUT2D eigenvalue weighted by Gasteiger charge is -2.16. The smallest absolute Gasteiger partial charge is 0.162 e. The Labute approximate surface area is 246 Å². The summed E-state index contributed by atoms with van der Waals surface area (Å²) in [7, 11) is 0.583. The topological polar surface area (TPSA) is 111 Å². The van der Waals surface area contributed by atoms with Gasteiger partial charge in [-0.15, -0.1) is 0 Å². The molecule has 3 aromatic carbocycles. The van der Waals surface area contributed by atoms with E-state index in [1.165, 1.54) is 18.1 Å². The molecule has 0 saturated carbocycles. The standard InChI is InChI=1S/C31H36N6O4S/c1-36(14-16-42(3,38)39)13-7-8-15-41-30-18-26-27(19-29(30)40-2)32-22-33-31(26)35-25-11-12-28-24(17-25)20-34-37(28)21-23-9-5-4-6-10-23/h4-6,9-12,17-20,22H,7-8,13-16,21H2,1-3H3,(H,32,33,35). The number of anilines is 2. The van der Waals surface area contributed by atoms with E-state index in [4.69, 9.17) is 9.47 Å². The van der Waals surface area contributed by atoms with Gasteiger partial charge in [0.25, 0.3) is 0 Å². The van der Waals surface area contributed by atoms with E-state index in [1.54, 1.807) is 7.11 Å². The number of ether oxygens (including phenoxy) is 2. The highest BCUT2D eigenvalue weighted by atomic mass is 32.2. The normalized spacial score (nSPS) is 11.8. The second-order valence-corrected chi connectivity index (χ2v) is 12.7. The van der Waals surface area contributed by atoms with Gasteiger partial charge in [-0.25, -0.2) is 18.4 Å². The van der Waals surface area contributed by atoms with Crippen LogP contribution in [0.1, 0.15) is 18.4 Å². The zero-order chi connectivity index (χ0) is 29.5. The number of nitrogens with zero attached hydrogens (tertiary/aromatic N) is 5. The first kappa shape index (κ1) is 29.3. The van der Waals surface area contributed by atoms with Crippen LogP contribution in [0.5, 0.6) is 11.5 Å². The predicted molar refractivity (Wildman–Crippen MR) is 167 cm³/mol. The molecule has 0 fully saturated rings. The van der Waals surface area contributed by atoms with Gasteiger partial charge in [0.2, 0.25) is 0 Å². The van der Waals surface area contributed by atoms with Crippen LogP contribution >= 0.6 is 0 Å². The minimum atomic E-state index is -2.96. The van der Waals surface area contributed by atoms with Gasteiger partial charge in [-0.1, -0.05) is 30.3 Å². The molecule has 0 atom stereocenters. The van der Waals surface area contributed by atoms with Crippen molar-refractivity contribution >= 4 is 43.1 Å². The number of hydrogen-bond acceptors (Lipinski definition) is 9. The number of methoxy groups -OCH3 is 1. The van der Waals surface area contributed by atoms with Gasteiger partial charge in [0, 0.05) is 35.3 Å². The lowest BCUT2D eigenvalue weighted by molar-refractivity contribution is 0.272. The molecule has 220 valence electrons. The quantitative estimate of drug-likeness (QED) is 0.181. The molecule has 5 aromatic rings. The van der Waals surface area contributed by atoms with E-state index in [0.29, 0.717) is 37.0 Å². The van der Waals surface area contributed by atoms with E-state index in [-0.39, 0.29) is 5.75 Å². The van der Waals surface area contributed by atoms with Crippen molar-refractivity contribution in [3.05, 3.63) is 78.8 Å². The third kappa shape index (κ3) is 7.54. The van der Waals surface area contributed by atoms with Crippen LogP contribution in [0.15, 0.2) is 73.2 Å². The molecule has 0 saturated heterocycles. The predicted octanol–water partition coefficient (Wildman–Crippen LogP) is 4.92. The van der Waals surface area contributed by atoms with E-state index in [1.807, 2.05) is 59.2 Å². The van der Waals surface area contributed by atoms with Gasteiger partial charge in [0.15, 0.2) is 11.5 Å². The molecule has 0 aliphatic rings. The maximum absolute atomic E-state index is 11.4. The van der Waals surface area contributed by atoms with E-state index in [2.05, 4.69) is 44.6 Å². The van der Waals surface area contributed by atoms with Crippen molar-refractivity contribution in [2.24, 2.45) is 0 Å². The van der Waals surface area contributed by atoms with E-state index >= 15 is 0 Å². The molecule has 10 nitrogen and oxygen atoms in total. The van der Waals surface area contributed by atoms with Gasteiger partial charge in [0.05, 0.1) is 43.2 Å². The lowest BCUT2D eigenvalue weighted by Crippen LogP contribution is -2.26. The summed E-state index contributed by atoms with van der Waals surface area (Å²) in [5, 5.41) is 9.88. The van der Waals surface area contributed by atoms with Gasteiger partial charge < -0.3 is 19.7 Å². The summed E-state index contributed by atoms with van der Waals surface area (Å²) in [4.78, 5) is 11.0. The Hall–Kier alpha value is -4.22. The van der Waals surface area contributed by atoms with Crippen LogP contribution in [0.25, 0.3) is 21.8 Å². The average molecular weight is 589 g/mol. The Morgan fingerprint density at radius 2 is 1.81 bits per heavy atom. The van der Waals surface area contributed by atoms with Gasteiger partial charge in [0.1, 0.15) is 22.0 Å². The maximum Gasteiger partial charge on any atom is 0.162 e. The Balaban J connectivity index is 1.26. The summed E-state index contributed by atoms with van der Waals surface area (Å²) in [5.41, 5.74) is 3.88. The van der Waals surface area contributed by atoms with Crippen LogP contribution in [0, 0.1) is 0 Å². The SMILES string of the molecule is COc1cc2ncnc(Nc3ccc4c(cnn4Cc4ccccc4)c3)c2cc1OCCCCN(C)CCS(C)(=O)=O. The summed E-state index contributed by atoms with van der Waals surface area (Å²) in [5.74, 6) is 2.05. The Morgan fingerprint density at radius 1 is 0.976 bits per heavy atom.